The molecule has 1 fully saturated rings. The lowest BCUT2D eigenvalue weighted by atomic mass is 9.68. The third kappa shape index (κ3) is 2.35. The van der Waals surface area contributed by atoms with Gasteiger partial charge < -0.3 is 4.52 Å². The fourth-order valence-corrected chi connectivity index (χ4v) is 2.61. The lowest BCUT2D eigenvalue weighted by Crippen LogP contribution is -2.36. The van der Waals surface area contributed by atoms with Crippen LogP contribution >= 0.6 is 23.2 Å². The molecule has 0 saturated heterocycles. The molecule has 1 saturated carbocycles. The van der Waals surface area contributed by atoms with Gasteiger partial charge in [0.15, 0.2) is 5.82 Å². The molecule has 3 rings (SSSR count). The monoisotopic (exact) mass is 300 g/mol. The van der Waals surface area contributed by atoms with Gasteiger partial charge in [-0.15, -0.1) is 11.6 Å². The summed E-state index contributed by atoms with van der Waals surface area (Å²) >= 11 is 11.4. The second-order valence-corrected chi connectivity index (χ2v) is 5.46. The Labute approximate surface area is 119 Å². The summed E-state index contributed by atoms with van der Waals surface area (Å²) in [6.45, 7) is 0. The molecule has 0 bridgehead atoms. The van der Waals surface area contributed by atoms with E-state index in [0.717, 1.165) is 0 Å². The fourth-order valence-electron chi connectivity index (χ4n) is 2.38. The lowest BCUT2D eigenvalue weighted by Gasteiger charge is -2.40. The van der Waals surface area contributed by atoms with Crippen LogP contribution in [0, 0.1) is 0 Å². The van der Waals surface area contributed by atoms with Crippen LogP contribution in [0.5, 0.6) is 0 Å². The van der Waals surface area contributed by atoms with Gasteiger partial charge in [-0.3, -0.25) is 0 Å². The van der Waals surface area contributed by atoms with Crippen LogP contribution in [0.25, 0.3) is 0 Å². The molecule has 0 N–H and O–H groups in total. The standard InChI is InChI=1S/C13H11Cl2FN2O/c14-7-11-17-12(18-19-11)8-5-13(16,6-8)9-1-3-10(15)4-2-9/h1-4,8H,5-7H2/t8-,13+. The van der Waals surface area contributed by atoms with E-state index >= 15 is 0 Å². The van der Waals surface area contributed by atoms with E-state index in [1.54, 1.807) is 24.3 Å². The van der Waals surface area contributed by atoms with Crippen molar-refractivity contribution in [3.8, 4) is 0 Å². The van der Waals surface area contributed by atoms with E-state index in [4.69, 9.17) is 27.7 Å². The highest BCUT2D eigenvalue weighted by Gasteiger charge is 2.48. The summed E-state index contributed by atoms with van der Waals surface area (Å²) in [6, 6.07) is 6.84. The minimum atomic E-state index is -1.32. The smallest absolute Gasteiger partial charge is 0.241 e. The van der Waals surface area contributed by atoms with E-state index in [1.807, 2.05) is 0 Å². The van der Waals surface area contributed by atoms with Crippen molar-refractivity contribution < 1.29 is 8.91 Å². The van der Waals surface area contributed by atoms with Crippen molar-refractivity contribution in [2.45, 2.75) is 30.3 Å². The molecule has 2 aromatic rings. The Morgan fingerprint density at radius 3 is 2.58 bits per heavy atom. The first-order chi connectivity index (χ1) is 9.10. The second-order valence-electron chi connectivity index (χ2n) is 4.76. The molecule has 0 radical (unpaired) electrons. The second kappa shape index (κ2) is 4.76. The van der Waals surface area contributed by atoms with Gasteiger partial charge in [-0.05, 0) is 30.5 Å². The van der Waals surface area contributed by atoms with Crippen LogP contribution in [0.4, 0.5) is 4.39 Å². The molecule has 0 aliphatic heterocycles. The number of hydrogen-bond acceptors (Lipinski definition) is 3. The highest BCUT2D eigenvalue weighted by molar-refractivity contribution is 6.30. The van der Waals surface area contributed by atoms with Crippen LogP contribution in [0.1, 0.15) is 36.0 Å². The first kappa shape index (κ1) is 12.9. The van der Waals surface area contributed by atoms with Gasteiger partial charge in [0.25, 0.3) is 0 Å². The van der Waals surface area contributed by atoms with Crippen LogP contribution in [0.2, 0.25) is 5.02 Å². The van der Waals surface area contributed by atoms with Crippen LogP contribution in [-0.2, 0) is 11.5 Å². The van der Waals surface area contributed by atoms with Crippen LogP contribution in [-0.4, -0.2) is 10.1 Å². The predicted molar refractivity (Wildman–Crippen MR) is 70.1 cm³/mol. The molecule has 1 aromatic carbocycles. The molecule has 1 aromatic heterocycles. The normalized spacial score (nSPS) is 26.2. The molecule has 19 heavy (non-hydrogen) atoms. The Hall–Kier alpha value is -1.13. The van der Waals surface area contributed by atoms with Crippen molar-refractivity contribution in [2.24, 2.45) is 0 Å². The lowest BCUT2D eigenvalue weighted by molar-refractivity contribution is 0.0336. The van der Waals surface area contributed by atoms with E-state index in [2.05, 4.69) is 10.1 Å². The highest BCUT2D eigenvalue weighted by atomic mass is 35.5. The van der Waals surface area contributed by atoms with Crippen molar-refractivity contribution in [3.05, 3.63) is 46.6 Å². The van der Waals surface area contributed by atoms with Crippen molar-refractivity contribution in [1.82, 2.24) is 10.1 Å². The van der Waals surface area contributed by atoms with E-state index in [9.17, 15) is 4.39 Å². The maximum Gasteiger partial charge on any atom is 0.241 e. The van der Waals surface area contributed by atoms with Gasteiger partial charge >= 0.3 is 0 Å². The number of nitrogens with zero attached hydrogens (tertiary/aromatic N) is 2. The molecule has 0 unspecified atom stereocenters. The molecule has 0 amide bonds. The minimum Gasteiger partial charge on any atom is -0.338 e. The van der Waals surface area contributed by atoms with Gasteiger partial charge in [0.05, 0.1) is 0 Å². The summed E-state index contributed by atoms with van der Waals surface area (Å²) in [5.74, 6) is 1.08. The SMILES string of the molecule is F[C@]1(c2ccc(Cl)cc2)C[C@H](c2noc(CCl)n2)C1. The van der Waals surface area contributed by atoms with Crippen molar-refractivity contribution in [1.29, 1.82) is 0 Å². The van der Waals surface area contributed by atoms with Gasteiger partial charge in [-0.1, -0.05) is 28.9 Å². The Bertz CT molecular complexity index is 579. The van der Waals surface area contributed by atoms with Crippen molar-refractivity contribution in [2.75, 3.05) is 0 Å². The van der Waals surface area contributed by atoms with Crippen LogP contribution in [0.3, 0.4) is 0 Å². The van der Waals surface area contributed by atoms with E-state index in [0.29, 0.717) is 35.1 Å². The maximum absolute atomic E-state index is 14.6. The van der Waals surface area contributed by atoms with Crippen LogP contribution in [0.15, 0.2) is 28.8 Å². The van der Waals surface area contributed by atoms with Gasteiger partial charge in [0.1, 0.15) is 11.5 Å². The minimum absolute atomic E-state index is 0.0126. The van der Waals surface area contributed by atoms with Gasteiger partial charge in [0, 0.05) is 10.9 Å². The summed E-state index contributed by atoms with van der Waals surface area (Å²) in [5.41, 5.74) is -0.675. The maximum atomic E-state index is 14.6. The Kier molecular flexibility index (Phi) is 3.23. The highest BCUT2D eigenvalue weighted by Crippen LogP contribution is 2.53. The third-order valence-corrected chi connectivity index (χ3v) is 3.95. The zero-order valence-corrected chi connectivity index (χ0v) is 11.5. The summed E-state index contributed by atoms with van der Waals surface area (Å²) in [5, 5.41) is 4.43. The Morgan fingerprint density at radius 2 is 2.00 bits per heavy atom. The van der Waals surface area contributed by atoms with E-state index < -0.39 is 5.67 Å². The first-order valence-electron chi connectivity index (χ1n) is 5.94. The topological polar surface area (TPSA) is 38.9 Å². The zero-order valence-electron chi connectivity index (χ0n) is 9.94. The van der Waals surface area contributed by atoms with Crippen LogP contribution < -0.4 is 0 Å². The average Bonchev–Trinajstić information content (AvgIpc) is 2.84. The van der Waals surface area contributed by atoms with Crippen molar-refractivity contribution in [3.63, 3.8) is 0 Å². The molecular weight excluding hydrogens is 290 g/mol. The van der Waals surface area contributed by atoms with Gasteiger partial charge in [0.2, 0.25) is 5.89 Å². The molecule has 3 nitrogen and oxygen atoms in total. The molecular formula is C13H11Cl2FN2O. The zero-order chi connectivity index (χ0) is 13.5. The molecule has 6 heteroatoms. The molecule has 1 aliphatic carbocycles. The summed E-state index contributed by atoms with van der Waals surface area (Å²) in [4.78, 5) is 4.13. The summed E-state index contributed by atoms with van der Waals surface area (Å²) in [6.07, 6.45) is 0.714. The summed E-state index contributed by atoms with van der Waals surface area (Å²) < 4.78 is 19.6. The summed E-state index contributed by atoms with van der Waals surface area (Å²) in [7, 11) is 0. The van der Waals surface area contributed by atoms with Gasteiger partial charge in [-0.2, -0.15) is 4.98 Å². The number of hydrogen-bond donors (Lipinski definition) is 0. The number of benzene rings is 1. The van der Waals surface area contributed by atoms with E-state index in [-0.39, 0.29) is 11.8 Å². The number of aromatic nitrogens is 2. The number of rotatable bonds is 3. The average molecular weight is 301 g/mol. The largest absolute Gasteiger partial charge is 0.338 e. The van der Waals surface area contributed by atoms with Crippen molar-refractivity contribution >= 4 is 23.2 Å². The van der Waals surface area contributed by atoms with E-state index in [1.165, 1.54) is 0 Å². The van der Waals surface area contributed by atoms with Gasteiger partial charge in [-0.25, -0.2) is 4.39 Å². The quantitative estimate of drug-likeness (QED) is 0.797. The Balaban J connectivity index is 1.72. The molecule has 1 heterocycles. The predicted octanol–water partition coefficient (Wildman–Crippen LogP) is 4.20. The molecule has 100 valence electrons. The molecule has 0 spiro atoms. The first-order valence-corrected chi connectivity index (χ1v) is 6.85. The number of halogens is 3. The number of alkyl halides is 2. The molecule has 0 atom stereocenters. The molecule has 1 aliphatic rings. The fraction of sp³-hybridized carbons (Fsp3) is 0.385. The Morgan fingerprint density at radius 1 is 1.32 bits per heavy atom. The third-order valence-electron chi connectivity index (χ3n) is 3.46.